The van der Waals surface area contributed by atoms with Gasteiger partial charge < -0.3 is 15.3 Å². The fourth-order valence-electron chi connectivity index (χ4n) is 3.11. The van der Waals surface area contributed by atoms with Gasteiger partial charge in [-0.25, -0.2) is 0 Å². The Morgan fingerprint density at radius 3 is 2.44 bits per heavy atom. The Balaban J connectivity index is 1.97. The predicted molar refractivity (Wildman–Crippen MR) is 94.5 cm³/mol. The number of likely N-dealkylation sites (tertiary alicyclic amines) is 1. The van der Waals surface area contributed by atoms with Gasteiger partial charge in [0.05, 0.1) is 0 Å². The SMILES string of the molecule is CC(C)NC(=O)c1ccc(C(=O)N2CCCC(CCC(=O)O)C2)cc1. The highest BCUT2D eigenvalue weighted by Gasteiger charge is 2.25. The minimum Gasteiger partial charge on any atom is -0.481 e. The molecule has 0 bridgehead atoms. The molecule has 1 aliphatic rings. The summed E-state index contributed by atoms with van der Waals surface area (Å²) in [6.07, 6.45) is 2.61. The van der Waals surface area contributed by atoms with Crippen molar-refractivity contribution in [3.63, 3.8) is 0 Å². The number of carbonyl (C=O) groups excluding carboxylic acids is 2. The molecule has 1 aliphatic heterocycles. The van der Waals surface area contributed by atoms with Crippen LogP contribution in [0.5, 0.6) is 0 Å². The van der Waals surface area contributed by atoms with Gasteiger partial charge in [0.15, 0.2) is 0 Å². The first-order valence-corrected chi connectivity index (χ1v) is 8.79. The second-order valence-electron chi connectivity index (χ2n) is 6.90. The number of carbonyl (C=O) groups is 3. The van der Waals surface area contributed by atoms with Crippen LogP contribution in [0.2, 0.25) is 0 Å². The number of rotatable bonds is 6. The molecule has 6 nitrogen and oxygen atoms in total. The highest BCUT2D eigenvalue weighted by atomic mass is 16.4. The van der Waals surface area contributed by atoms with Crippen LogP contribution in [-0.2, 0) is 4.79 Å². The molecule has 6 heteroatoms. The van der Waals surface area contributed by atoms with E-state index in [4.69, 9.17) is 5.11 Å². The summed E-state index contributed by atoms with van der Waals surface area (Å²) in [6, 6.07) is 6.75. The molecular formula is C19H26N2O4. The summed E-state index contributed by atoms with van der Waals surface area (Å²) in [5.41, 5.74) is 1.09. The lowest BCUT2D eigenvalue weighted by atomic mass is 9.93. The Bertz CT molecular complexity index is 625. The highest BCUT2D eigenvalue weighted by molar-refractivity contribution is 5.97. The van der Waals surface area contributed by atoms with Crippen LogP contribution in [0, 0.1) is 5.92 Å². The molecule has 136 valence electrons. The Hall–Kier alpha value is -2.37. The largest absolute Gasteiger partial charge is 0.481 e. The number of amides is 2. The quantitative estimate of drug-likeness (QED) is 0.829. The predicted octanol–water partition coefficient (Wildman–Crippen LogP) is 2.54. The second kappa shape index (κ2) is 8.65. The van der Waals surface area contributed by atoms with Crippen molar-refractivity contribution in [3.05, 3.63) is 35.4 Å². The lowest BCUT2D eigenvalue weighted by Crippen LogP contribution is -2.40. The zero-order valence-electron chi connectivity index (χ0n) is 14.8. The van der Waals surface area contributed by atoms with Gasteiger partial charge in [-0.3, -0.25) is 14.4 Å². The average Bonchev–Trinajstić information content (AvgIpc) is 2.59. The van der Waals surface area contributed by atoms with E-state index in [9.17, 15) is 14.4 Å². The zero-order valence-corrected chi connectivity index (χ0v) is 14.8. The summed E-state index contributed by atoms with van der Waals surface area (Å²) >= 11 is 0. The first kappa shape index (κ1) is 19.0. The number of carboxylic acids is 1. The molecule has 1 aromatic carbocycles. The first-order chi connectivity index (χ1) is 11.9. The number of nitrogens with zero attached hydrogens (tertiary/aromatic N) is 1. The fraction of sp³-hybridized carbons (Fsp3) is 0.526. The van der Waals surface area contributed by atoms with Gasteiger partial charge >= 0.3 is 5.97 Å². The molecule has 1 saturated heterocycles. The summed E-state index contributed by atoms with van der Waals surface area (Å²) in [5.74, 6) is -0.764. The van der Waals surface area contributed by atoms with Crippen LogP contribution in [0.1, 0.15) is 60.2 Å². The first-order valence-electron chi connectivity index (χ1n) is 8.79. The second-order valence-corrected chi connectivity index (χ2v) is 6.90. The fourth-order valence-corrected chi connectivity index (χ4v) is 3.11. The molecule has 0 aliphatic carbocycles. The molecule has 2 amide bonds. The number of nitrogens with one attached hydrogen (secondary N) is 1. The van der Waals surface area contributed by atoms with E-state index in [0.29, 0.717) is 30.6 Å². The number of benzene rings is 1. The number of aliphatic carboxylic acids is 1. The topological polar surface area (TPSA) is 86.7 Å². The van der Waals surface area contributed by atoms with Gasteiger partial charge in [-0.2, -0.15) is 0 Å². The molecule has 2 rings (SSSR count). The van der Waals surface area contributed by atoms with E-state index in [1.54, 1.807) is 29.2 Å². The number of hydrogen-bond donors (Lipinski definition) is 2. The van der Waals surface area contributed by atoms with E-state index >= 15 is 0 Å². The standard InChI is InChI=1S/C19H26N2O4/c1-13(2)20-18(24)15-6-8-16(9-7-15)19(25)21-11-3-4-14(12-21)5-10-17(22)23/h6-9,13-14H,3-5,10-12H2,1-2H3,(H,20,24)(H,22,23). The smallest absolute Gasteiger partial charge is 0.303 e. The summed E-state index contributed by atoms with van der Waals surface area (Å²) in [4.78, 5) is 37.1. The molecule has 0 aromatic heterocycles. The molecule has 1 fully saturated rings. The number of carboxylic acid groups (broad SMARTS) is 1. The molecule has 1 aromatic rings. The normalized spacial score (nSPS) is 17.4. The van der Waals surface area contributed by atoms with Crippen LogP contribution < -0.4 is 5.32 Å². The van der Waals surface area contributed by atoms with Crippen LogP contribution >= 0.6 is 0 Å². The Kier molecular flexibility index (Phi) is 6.56. The van der Waals surface area contributed by atoms with Crippen molar-refractivity contribution in [2.24, 2.45) is 5.92 Å². The summed E-state index contributed by atoms with van der Waals surface area (Å²) < 4.78 is 0. The van der Waals surface area contributed by atoms with Gasteiger partial charge in [0.2, 0.25) is 0 Å². The van der Waals surface area contributed by atoms with Crippen LogP contribution in [0.25, 0.3) is 0 Å². The molecule has 25 heavy (non-hydrogen) atoms. The Morgan fingerprint density at radius 1 is 1.20 bits per heavy atom. The van der Waals surface area contributed by atoms with E-state index in [1.165, 1.54) is 0 Å². The van der Waals surface area contributed by atoms with Crippen LogP contribution in [0.4, 0.5) is 0 Å². The highest BCUT2D eigenvalue weighted by Crippen LogP contribution is 2.22. The third-order valence-corrected chi connectivity index (χ3v) is 4.39. The van der Waals surface area contributed by atoms with Gasteiger partial charge in [0, 0.05) is 36.7 Å². The van der Waals surface area contributed by atoms with Crippen LogP contribution in [-0.4, -0.2) is 46.9 Å². The van der Waals surface area contributed by atoms with E-state index in [-0.39, 0.29) is 30.2 Å². The Labute approximate surface area is 148 Å². The summed E-state index contributed by atoms with van der Waals surface area (Å²) in [6.45, 7) is 5.08. The van der Waals surface area contributed by atoms with E-state index < -0.39 is 5.97 Å². The molecule has 1 heterocycles. The van der Waals surface area contributed by atoms with Gasteiger partial charge in [-0.15, -0.1) is 0 Å². The molecule has 0 radical (unpaired) electrons. The van der Waals surface area contributed by atoms with Crippen molar-refractivity contribution in [2.45, 2.75) is 45.6 Å². The van der Waals surface area contributed by atoms with Gasteiger partial charge in [0.1, 0.15) is 0 Å². The maximum absolute atomic E-state index is 12.7. The summed E-state index contributed by atoms with van der Waals surface area (Å²) in [5, 5.41) is 11.6. The van der Waals surface area contributed by atoms with E-state index in [0.717, 1.165) is 12.8 Å². The van der Waals surface area contributed by atoms with Crippen molar-refractivity contribution in [2.75, 3.05) is 13.1 Å². The van der Waals surface area contributed by atoms with Crippen LogP contribution in [0.15, 0.2) is 24.3 Å². The average molecular weight is 346 g/mol. The third-order valence-electron chi connectivity index (χ3n) is 4.39. The molecule has 1 atom stereocenters. The van der Waals surface area contributed by atoms with Gasteiger partial charge in [0.25, 0.3) is 11.8 Å². The molecule has 0 spiro atoms. The third kappa shape index (κ3) is 5.59. The van der Waals surface area contributed by atoms with E-state index in [1.807, 2.05) is 13.8 Å². The van der Waals surface area contributed by atoms with Crippen molar-refractivity contribution in [1.82, 2.24) is 10.2 Å². The van der Waals surface area contributed by atoms with Gasteiger partial charge in [-0.1, -0.05) is 0 Å². The monoisotopic (exact) mass is 346 g/mol. The maximum Gasteiger partial charge on any atom is 0.303 e. The van der Waals surface area contributed by atoms with Crippen LogP contribution in [0.3, 0.4) is 0 Å². The molecule has 2 N–H and O–H groups in total. The van der Waals surface area contributed by atoms with E-state index in [2.05, 4.69) is 5.32 Å². The van der Waals surface area contributed by atoms with Crippen molar-refractivity contribution in [3.8, 4) is 0 Å². The van der Waals surface area contributed by atoms with Gasteiger partial charge in [-0.05, 0) is 63.3 Å². The number of hydrogen-bond acceptors (Lipinski definition) is 3. The molecule has 0 saturated carbocycles. The minimum absolute atomic E-state index is 0.0594. The molecular weight excluding hydrogens is 320 g/mol. The summed E-state index contributed by atoms with van der Waals surface area (Å²) in [7, 11) is 0. The van der Waals surface area contributed by atoms with Crippen molar-refractivity contribution in [1.29, 1.82) is 0 Å². The minimum atomic E-state index is -0.793. The zero-order chi connectivity index (χ0) is 18.4. The Morgan fingerprint density at radius 2 is 1.84 bits per heavy atom. The number of piperidine rings is 1. The lowest BCUT2D eigenvalue weighted by molar-refractivity contribution is -0.137. The van der Waals surface area contributed by atoms with Crippen molar-refractivity contribution < 1.29 is 19.5 Å². The lowest BCUT2D eigenvalue weighted by Gasteiger charge is -2.32. The van der Waals surface area contributed by atoms with Crippen molar-refractivity contribution >= 4 is 17.8 Å². The molecule has 1 unspecified atom stereocenters. The maximum atomic E-state index is 12.7.